The molecule has 0 saturated carbocycles. The molecule has 106 valence electrons. The summed E-state index contributed by atoms with van der Waals surface area (Å²) in [6.45, 7) is 4.67. The van der Waals surface area contributed by atoms with Crippen molar-refractivity contribution in [1.29, 1.82) is 5.26 Å². The first kappa shape index (κ1) is 13.6. The summed E-state index contributed by atoms with van der Waals surface area (Å²) in [5.41, 5.74) is 2.07. The Labute approximate surface area is 121 Å². The smallest absolute Gasteiger partial charge is 0.0991 e. The first-order valence-electron chi connectivity index (χ1n) is 7.80. The summed E-state index contributed by atoms with van der Waals surface area (Å²) in [4.78, 5) is 2.55. The molecule has 2 fully saturated rings. The lowest BCUT2D eigenvalue weighted by molar-refractivity contribution is 0.157. The van der Waals surface area contributed by atoms with Crippen LogP contribution in [0.25, 0.3) is 0 Å². The van der Waals surface area contributed by atoms with Crippen LogP contribution in [0.5, 0.6) is 0 Å². The zero-order valence-corrected chi connectivity index (χ0v) is 12.0. The van der Waals surface area contributed by atoms with E-state index in [0.29, 0.717) is 0 Å². The van der Waals surface area contributed by atoms with Crippen LogP contribution in [-0.4, -0.2) is 30.6 Å². The van der Waals surface area contributed by atoms with Crippen molar-refractivity contribution in [3.8, 4) is 6.07 Å². The van der Waals surface area contributed by atoms with Gasteiger partial charge in [0.1, 0.15) is 0 Å². The van der Waals surface area contributed by atoms with Crippen LogP contribution in [-0.2, 0) is 6.54 Å². The predicted molar refractivity (Wildman–Crippen MR) is 80.2 cm³/mol. The Morgan fingerprint density at radius 3 is 2.50 bits per heavy atom. The van der Waals surface area contributed by atoms with Gasteiger partial charge in [-0.1, -0.05) is 12.1 Å². The Bertz CT molecular complexity index is 460. The Morgan fingerprint density at radius 1 is 1.15 bits per heavy atom. The average Bonchev–Trinajstić information content (AvgIpc) is 3.03. The van der Waals surface area contributed by atoms with Crippen molar-refractivity contribution in [3.63, 3.8) is 0 Å². The highest BCUT2D eigenvalue weighted by molar-refractivity contribution is 5.31. The van der Waals surface area contributed by atoms with Crippen LogP contribution in [0.2, 0.25) is 0 Å². The third-order valence-electron chi connectivity index (χ3n) is 4.79. The summed E-state index contributed by atoms with van der Waals surface area (Å²) in [6, 6.07) is 11.0. The van der Waals surface area contributed by atoms with Crippen molar-refractivity contribution in [2.45, 2.75) is 38.3 Å². The molecule has 2 aliphatic rings. The SMILES string of the molecule is N#Cc1ccc(CN2CCC(C3CCCN3)CC2)cc1. The Morgan fingerprint density at radius 2 is 1.90 bits per heavy atom. The van der Waals surface area contributed by atoms with Gasteiger partial charge in [-0.05, 0) is 68.9 Å². The molecule has 2 aliphatic heterocycles. The highest BCUT2D eigenvalue weighted by Crippen LogP contribution is 2.26. The Kier molecular flexibility index (Phi) is 4.34. The molecule has 3 rings (SSSR count). The monoisotopic (exact) mass is 269 g/mol. The third-order valence-corrected chi connectivity index (χ3v) is 4.79. The van der Waals surface area contributed by atoms with E-state index in [1.807, 2.05) is 12.1 Å². The molecule has 0 amide bonds. The van der Waals surface area contributed by atoms with Crippen LogP contribution in [0.4, 0.5) is 0 Å². The molecule has 0 spiro atoms. The van der Waals surface area contributed by atoms with E-state index in [-0.39, 0.29) is 0 Å². The van der Waals surface area contributed by atoms with Gasteiger partial charge in [-0.15, -0.1) is 0 Å². The number of nitrogens with zero attached hydrogens (tertiary/aromatic N) is 2. The van der Waals surface area contributed by atoms with E-state index in [1.165, 1.54) is 50.9 Å². The van der Waals surface area contributed by atoms with Crippen molar-refractivity contribution >= 4 is 0 Å². The van der Waals surface area contributed by atoms with Crippen molar-refractivity contribution in [2.75, 3.05) is 19.6 Å². The van der Waals surface area contributed by atoms with Gasteiger partial charge in [0, 0.05) is 12.6 Å². The van der Waals surface area contributed by atoms with Gasteiger partial charge >= 0.3 is 0 Å². The molecule has 1 N–H and O–H groups in total. The second-order valence-electron chi connectivity index (χ2n) is 6.13. The summed E-state index contributed by atoms with van der Waals surface area (Å²) in [6.07, 6.45) is 5.39. The number of benzene rings is 1. The predicted octanol–water partition coefficient (Wildman–Crippen LogP) is 2.52. The highest BCUT2D eigenvalue weighted by Gasteiger charge is 2.28. The van der Waals surface area contributed by atoms with E-state index >= 15 is 0 Å². The fourth-order valence-electron chi connectivity index (χ4n) is 3.57. The van der Waals surface area contributed by atoms with Crippen molar-refractivity contribution < 1.29 is 0 Å². The van der Waals surface area contributed by atoms with Crippen LogP contribution in [0, 0.1) is 17.2 Å². The maximum atomic E-state index is 8.82. The molecular weight excluding hydrogens is 246 g/mol. The number of hydrogen-bond acceptors (Lipinski definition) is 3. The van der Waals surface area contributed by atoms with Gasteiger partial charge in [0.05, 0.1) is 11.6 Å². The second kappa shape index (κ2) is 6.39. The topological polar surface area (TPSA) is 39.1 Å². The summed E-state index contributed by atoms with van der Waals surface area (Å²) in [7, 11) is 0. The molecular formula is C17H23N3. The highest BCUT2D eigenvalue weighted by atomic mass is 15.1. The molecule has 3 heteroatoms. The maximum Gasteiger partial charge on any atom is 0.0991 e. The van der Waals surface area contributed by atoms with E-state index in [0.717, 1.165) is 24.1 Å². The first-order chi connectivity index (χ1) is 9.85. The molecule has 1 atom stereocenters. The normalized spacial score (nSPS) is 24.6. The van der Waals surface area contributed by atoms with Crippen LogP contribution in [0.15, 0.2) is 24.3 Å². The summed E-state index contributed by atoms with van der Waals surface area (Å²) < 4.78 is 0. The van der Waals surface area contributed by atoms with E-state index in [2.05, 4.69) is 28.4 Å². The van der Waals surface area contributed by atoms with E-state index in [9.17, 15) is 0 Å². The average molecular weight is 269 g/mol. The van der Waals surface area contributed by atoms with Crippen LogP contribution in [0.3, 0.4) is 0 Å². The van der Waals surface area contributed by atoms with Crippen molar-refractivity contribution in [2.24, 2.45) is 5.92 Å². The number of nitriles is 1. The minimum Gasteiger partial charge on any atom is -0.314 e. The molecule has 20 heavy (non-hydrogen) atoms. The van der Waals surface area contributed by atoms with Gasteiger partial charge in [-0.3, -0.25) is 4.90 Å². The Hall–Kier alpha value is -1.37. The third kappa shape index (κ3) is 3.20. The fraction of sp³-hybridized carbons (Fsp3) is 0.588. The maximum absolute atomic E-state index is 8.82. The molecule has 0 aliphatic carbocycles. The first-order valence-corrected chi connectivity index (χ1v) is 7.80. The standard InChI is InChI=1S/C17H23N3/c18-12-14-3-5-15(6-4-14)13-20-10-7-16(8-11-20)17-2-1-9-19-17/h3-6,16-17,19H,1-2,7-11,13H2. The van der Waals surface area contributed by atoms with Crippen molar-refractivity contribution in [1.82, 2.24) is 10.2 Å². The molecule has 0 bridgehead atoms. The Balaban J connectivity index is 1.49. The van der Waals surface area contributed by atoms with Crippen LogP contribution < -0.4 is 5.32 Å². The zero-order chi connectivity index (χ0) is 13.8. The lowest BCUT2D eigenvalue weighted by Gasteiger charge is -2.34. The lowest BCUT2D eigenvalue weighted by Crippen LogP contribution is -2.40. The molecule has 1 aromatic rings. The van der Waals surface area contributed by atoms with E-state index in [1.54, 1.807) is 0 Å². The van der Waals surface area contributed by atoms with Crippen LogP contribution in [0.1, 0.15) is 36.8 Å². The van der Waals surface area contributed by atoms with Gasteiger partial charge < -0.3 is 5.32 Å². The van der Waals surface area contributed by atoms with Gasteiger partial charge in [0.25, 0.3) is 0 Å². The van der Waals surface area contributed by atoms with Gasteiger partial charge in [-0.2, -0.15) is 5.26 Å². The second-order valence-corrected chi connectivity index (χ2v) is 6.13. The lowest BCUT2D eigenvalue weighted by atomic mass is 9.88. The largest absolute Gasteiger partial charge is 0.314 e. The quantitative estimate of drug-likeness (QED) is 0.916. The van der Waals surface area contributed by atoms with Gasteiger partial charge in [-0.25, -0.2) is 0 Å². The number of piperidine rings is 1. The number of likely N-dealkylation sites (tertiary alicyclic amines) is 1. The van der Waals surface area contributed by atoms with Crippen LogP contribution >= 0.6 is 0 Å². The molecule has 1 unspecified atom stereocenters. The number of nitrogens with one attached hydrogen (secondary N) is 1. The molecule has 0 radical (unpaired) electrons. The number of hydrogen-bond donors (Lipinski definition) is 1. The van der Waals surface area contributed by atoms with E-state index in [4.69, 9.17) is 5.26 Å². The van der Waals surface area contributed by atoms with Crippen molar-refractivity contribution in [3.05, 3.63) is 35.4 Å². The number of rotatable bonds is 3. The fourth-order valence-corrected chi connectivity index (χ4v) is 3.57. The molecule has 2 heterocycles. The summed E-state index contributed by atoms with van der Waals surface area (Å²) in [5, 5.41) is 12.5. The molecule has 0 aromatic heterocycles. The summed E-state index contributed by atoms with van der Waals surface area (Å²) >= 11 is 0. The minimum atomic E-state index is 0.750. The van der Waals surface area contributed by atoms with Gasteiger partial charge in [0.15, 0.2) is 0 Å². The van der Waals surface area contributed by atoms with E-state index < -0.39 is 0 Å². The molecule has 1 aromatic carbocycles. The van der Waals surface area contributed by atoms with Gasteiger partial charge in [0.2, 0.25) is 0 Å². The zero-order valence-electron chi connectivity index (χ0n) is 12.0. The molecule has 2 saturated heterocycles. The summed E-state index contributed by atoms with van der Waals surface area (Å²) in [5.74, 6) is 0.884. The minimum absolute atomic E-state index is 0.750. The molecule has 3 nitrogen and oxygen atoms in total.